The van der Waals surface area contributed by atoms with Gasteiger partial charge in [0.25, 0.3) is 0 Å². The van der Waals surface area contributed by atoms with E-state index in [0.29, 0.717) is 19.3 Å². The summed E-state index contributed by atoms with van der Waals surface area (Å²) in [5.41, 5.74) is 1.31. The molecule has 1 aliphatic heterocycles. The van der Waals surface area contributed by atoms with Crippen molar-refractivity contribution in [3.8, 4) is 0 Å². The molecule has 1 fully saturated rings. The van der Waals surface area contributed by atoms with Crippen molar-refractivity contribution >= 4 is 0 Å². The van der Waals surface area contributed by atoms with Gasteiger partial charge in [0, 0.05) is 13.0 Å². The van der Waals surface area contributed by atoms with E-state index in [4.69, 9.17) is 14.6 Å². The van der Waals surface area contributed by atoms with Crippen molar-refractivity contribution in [1.29, 1.82) is 0 Å². The summed E-state index contributed by atoms with van der Waals surface area (Å²) in [4.78, 5) is 0. The van der Waals surface area contributed by atoms with Gasteiger partial charge >= 0.3 is 0 Å². The van der Waals surface area contributed by atoms with Gasteiger partial charge in [0.05, 0.1) is 38.6 Å². The Morgan fingerprint density at radius 2 is 2.11 bits per heavy atom. The molecule has 1 heterocycles. The van der Waals surface area contributed by atoms with Gasteiger partial charge in [-0.05, 0) is 5.56 Å². The Kier molecular flexibility index (Phi) is 5.61. The topological polar surface area (TPSA) is 50.7 Å². The van der Waals surface area contributed by atoms with Crippen LogP contribution in [0.25, 0.3) is 0 Å². The highest BCUT2D eigenvalue weighted by molar-refractivity contribution is 5.16. The van der Waals surface area contributed by atoms with Crippen molar-refractivity contribution in [1.82, 2.24) is 5.32 Å². The average molecular weight is 251 g/mol. The Hall–Kier alpha value is -0.940. The Labute approximate surface area is 108 Å². The molecule has 2 unspecified atom stereocenters. The van der Waals surface area contributed by atoms with Crippen LogP contribution in [0.4, 0.5) is 0 Å². The van der Waals surface area contributed by atoms with Crippen LogP contribution >= 0.6 is 0 Å². The van der Waals surface area contributed by atoms with Crippen molar-refractivity contribution in [3.63, 3.8) is 0 Å². The van der Waals surface area contributed by atoms with Crippen LogP contribution in [0.15, 0.2) is 30.3 Å². The predicted molar refractivity (Wildman–Crippen MR) is 69.6 cm³/mol. The van der Waals surface area contributed by atoms with Gasteiger partial charge in [0.1, 0.15) is 0 Å². The largest absolute Gasteiger partial charge is 0.394 e. The van der Waals surface area contributed by atoms with Crippen LogP contribution in [0.2, 0.25) is 0 Å². The molecule has 1 aromatic carbocycles. The van der Waals surface area contributed by atoms with Gasteiger partial charge in [-0.3, -0.25) is 0 Å². The lowest BCUT2D eigenvalue weighted by Crippen LogP contribution is -2.55. The molecule has 0 radical (unpaired) electrons. The van der Waals surface area contributed by atoms with Gasteiger partial charge in [0.2, 0.25) is 0 Å². The van der Waals surface area contributed by atoms with Gasteiger partial charge in [0.15, 0.2) is 0 Å². The summed E-state index contributed by atoms with van der Waals surface area (Å²) in [7, 11) is 0. The summed E-state index contributed by atoms with van der Waals surface area (Å²) in [6.07, 6.45) is 1.22. The van der Waals surface area contributed by atoms with Crippen LogP contribution in [0, 0.1) is 0 Å². The molecule has 100 valence electrons. The van der Waals surface area contributed by atoms with E-state index in [1.165, 1.54) is 5.56 Å². The molecule has 0 saturated carbocycles. The summed E-state index contributed by atoms with van der Waals surface area (Å²) in [5, 5.41) is 12.0. The third-order valence-electron chi connectivity index (χ3n) is 3.11. The Morgan fingerprint density at radius 1 is 1.28 bits per heavy atom. The predicted octanol–water partition coefficient (Wildman–Crippen LogP) is 0.595. The van der Waals surface area contributed by atoms with Crippen LogP contribution in [0.5, 0.6) is 0 Å². The second-order valence-corrected chi connectivity index (χ2v) is 4.46. The molecule has 2 atom stereocenters. The molecule has 0 aliphatic carbocycles. The maximum absolute atomic E-state index is 8.57. The lowest BCUT2D eigenvalue weighted by molar-refractivity contribution is -0.0871. The van der Waals surface area contributed by atoms with E-state index in [-0.39, 0.29) is 12.7 Å². The van der Waals surface area contributed by atoms with E-state index in [9.17, 15) is 0 Å². The second kappa shape index (κ2) is 7.48. The summed E-state index contributed by atoms with van der Waals surface area (Å²) in [6.45, 7) is 2.71. The Morgan fingerprint density at radius 3 is 2.78 bits per heavy atom. The van der Waals surface area contributed by atoms with E-state index in [1.54, 1.807) is 0 Å². The van der Waals surface area contributed by atoms with Gasteiger partial charge in [-0.2, -0.15) is 0 Å². The van der Waals surface area contributed by atoms with E-state index in [0.717, 1.165) is 19.6 Å². The summed E-state index contributed by atoms with van der Waals surface area (Å²) in [6, 6.07) is 10.8. The molecule has 1 aliphatic rings. The fourth-order valence-corrected chi connectivity index (χ4v) is 2.05. The molecule has 18 heavy (non-hydrogen) atoms. The number of hydrogen-bond donors (Lipinski definition) is 2. The smallest absolute Gasteiger partial charge is 0.0791 e. The van der Waals surface area contributed by atoms with Crippen LogP contribution in [0.3, 0.4) is 0 Å². The number of aliphatic hydroxyl groups is 1. The zero-order chi connectivity index (χ0) is 12.6. The average Bonchev–Trinajstić information content (AvgIpc) is 2.40. The molecule has 0 amide bonds. The van der Waals surface area contributed by atoms with Crippen molar-refractivity contribution in [3.05, 3.63) is 35.9 Å². The molecule has 2 N–H and O–H groups in total. The van der Waals surface area contributed by atoms with Gasteiger partial charge in [-0.25, -0.2) is 0 Å². The van der Waals surface area contributed by atoms with Crippen molar-refractivity contribution in [2.24, 2.45) is 0 Å². The minimum atomic E-state index is 0.0865. The molecule has 2 rings (SSSR count). The SMILES string of the molecule is OCCOCCNC1COC1Cc1ccccc1. The van der Waals surface area contributed by atoms with Crippen LogP contribution in [-0.2, 0) is 15.9 Å². The van der Waals surface area contributed by atoms with Gasteiger partial charge in [-0.15, -0.1) is 0 Å². The van der Waals surface area contributed by atoms with Crippen LogP contribution in [-0.4, -0.2) is 50.2 Å². The standard InChI is InChI=1S/C14H21NO3/c16-7-9-17-8-6-15-13-11-18-14(13)10-12-4-2-1-3-5-12/h1-5,13-16H,6-11H2. The Bertz CT molecular complexity index is 331. The first kappa shape index (κ1) is 13.5. The number of aliphatic hydroxyl groups excluding tert-OH is 1. The molecule has 1 aromatic rings. The van der Waals surface area contributed by atoms with Gasteiger partial charge in [-0.1, -0.05) is 30.3 Å². The monoisotopic (exact) mass is 251 g/mol. The maximum atomic E-state index is 8.57. The number of nitrogens with one attached hydrogen (secondary N) is 1. The van der Waals surface area contributed by atoms with Crippen LogP contribution in [0.1, 0.15) is 5.56 Å². The second-order valence-electron chi connectivity index (χ2n) is 4.46. The lowest BCUT2D eigenvalue weighted by atomic mass is 9.98. The normalized spacial score (nSPS) is 22.7. The summed E-state index contributed by atoms with van der Waals surface area (Å²) >= 11 is 0. The third kappa shape index (κ3) is 4.07. The summed E-state index contributed by atoms with van der Waals surface area (Å²) < 4.78 is 10.8. The highest BCUT2D eigenvalue weighted by atomic mass is 16.5. The van der Waals surface area contributed by atoms with Gasteiger partial charge < -0.3 is 19.9 Å². The van der Waals surface area contributed by atoms with Crippen LogP contribution < -0.4 is 5.32 Å². The highest BCUT2D eigenvalue weighted by Crippen LogP contribution is 2.17. The fourth-order valence-electron chi connectivity index (χ4n) is 2.05. The molecule has 4 nitrogen and oxygen atoms in total. The first-order chi connectivity index (χ1) is 8.90. The number of hydrogen-bond acceptors (Lipinski definition) is 4. The fraction of sp³-hybridized carbons (Fsp3) is 0.571. The first-order valence-corrected chi connectivity index (χ1v) is 6.47. The maximum Gasteiger partial charge on any atom is 0.0791 e. The number of rotatable bonds is 8. The lowest BCUT2D eigenvalue weighted by Gasteiger charge is -2.37. The van der Waals surface area contributed by atoms with E-state index >= 15 is 0 Å². The van der Waals surface area contributed by atoms with E-state index in [2.05, 4.69) is 29.6 Å². The third-order valence-corrected chi connectivity index (χ3v) is 3.11. The van der Waals surface area contributed by atoms with Crippen molar-refractivity contribution < 1.29 is 14.6 Å². The molecule has 0 bridgehead atoms. The zero-order valence-corrected chi connectivity index (χ0v) is 10.5. The number of benzene rings is 1. The quantitative estimate of drug-likeness (QED) is 0.664. The number of ether oxygens (including phenoxy) is 2. The minimum Gasteiger partial charge on any atom is -0.394 e. The van der Waals surface area contributed by atoms with E-state index < -0.39 is 0 Å². The molecule has 4 heteroatoms. The first-order valence-electron chi connectivity index (χ1n) is 6.47. The molecule has 1 saturated heterocycles. The molecular weight excluding hydrogens is 230 g/mol. The Balaban J connectivity index is 1.63. The highest BCUT2D eigenvalue weighted by Gasteiger charge is 2.31. The van der Waals surface area contributed by atoms with Crippen molar-refractivity contribution in [2.45, 2.75) is 18.6 Å². The zero-order valence-electron chi connectivity index (χ0n) is 10.5. The summed E-state index contributed by atoms with van der Waals surface area (Å²) in [5.74, 6) is 0. The van der Waals surface area contributed by atoms with Crippen molar-refractivity contribution in [2.75, 3.05) is 33.0 Å². The molecule has 0 spiro atoms. The molecular formula is C14H21NO3. The molecule has 0 aromatic heterocycles. The minimum absolute atomic E-state index is 0.0865. The van der Waals surface area contributed by atoms with E-state index in [1.807, 2.05) is 6.07 Å².